The van der Waals surface area contributed by atoms with Crippen LogP contribution in [0.25, 0.3) is 0 Å². The minimum Gasteiger partial charge on any atom is -0.394 e. The molecule has 1 rings (SSSR count). The van der Waals surface area contributed by atoms with E-state index in [1.54, 1.807) is 13.0 Å². The molecular formula is C13H19FO2. The Balaban J connectivity index is 2.82. The summed E-state index contributed by atoms with van der Waals surface area (Å²) in [5, 5.41) is 18.2. The van der Waals surface area contributed by atoms with Gasteiger partial charge in [0, 0.05) is 0 Å². The second-order valence-corrected chi connectivity index (χ2v) is 4.19. The highest BCUT2D eigenvalue weighted by molar-refractivity contribution is 5.26. The standard InChI is InChI=1S/C13H19FO2/c1-3-10(7-12(16)8-15)11-4-5-13(14)9(2)6-11/h4-6,10,12,15-16H,3,7-8H2,1-2H3. The monoisotopic (exact) mass is 226 g/mol. The van der Waals surface area contributed by atoms with Crippen LogP contribution in [0.15, 0.2) is 18.2 Å². The molecule has 0 aromatic heterocycles. The molecule has 0 fully saturated rings. The van der Waals surface area contributed by atoms with Crippen LogP contribution in [0.1, 0.15) is 36.8 Å². The Morgan fingerprint density at radius 1 is 1.38 bits per heavy atom. The lowest BCUT2D eigenvalue weighted by Gasteiger charge is -2.18. The van der Waals surface area contributed by atoms with Crippen LogP contribution in [0.3, 0.4) is 0 Å². The zero-order valence-corrected chi connectivity index (χ0v) is 9.78. The summed E-state index contributed by atoms with van der Waals surface area (Å²) in [6.45, 7) is 3.53. The Morgan fingerprint density at radius 2 is 2.06 bits per heavy atom. The summed E-state index contributed by atoms with van der Waals surface area (Å²) >= 11 is 0. The fourth-order valence-corrected chi connectivity index (χ4v) is 1.86. The molecule has 0 saturated heterocycles. The summed E-state index contributed by atoms with van der Waals surface area (Å²) in [5.41, 5.74) is 1.64. The van der Waals surface area contributed by atoms with Gasteiger partial charge in [-0.1, -0.05) is 19.1 Å². The minimum absolute atomic E-state index is 0.168. The van der Waals surface area contributed by atoms with Gasteiger partial charge in [0.15, 0.2) is 0 Å². The van der Waals surface area contributed by atoms with E-state index in [0.717, 1.165) is 12.0 Å². The van der Waals surface area contributed by atoms with Crippen molar-refractivity contribution < 1.29 is 14.6 Å². The zero-order valence-electron chi connectivity index (χ0n) is 9.78. The van der Waals surface area contributed by atoms with E-state index in [9.17, 15) is 9.50 Å². The van der Waals surface area contributed by atoms with Crippen LogP contribution in [0, 0.1) is 12.7 Å². The van der Waals surface area contributed by atoms with Gasteiger partial charge in [-0.25, -0.2) is 4.39 Å². The van der Waals surface area contributed by atoms with Crippen molar-refractivity contribution in [1.29, 1.82) is 0 Å². The minimum atomic E-state index is -0.699. The van der Waals surface area contributed by atoms with E-state index in [2.05, 4.69) is 0 Å². The molecule has 0 amide bonds. The normalized spacial score (nSPS) is 14.8. The van der Waals surface area contributed by atoms with Crippen molar-refractivity contribution in [3.05, 3.63) is 35.1 Å². The summed E-state index contributed by atoms with van der Waals surface area (Å²) in [6, 6.07) is 5.02. The lowest BCUT2D eigenvalue weighted by atomic mass is 9.90. The maximum absolute atomic E-state index is 13.1. The van der Waals surface area contributed by atoms with E-state index in [4.69, 9.17) is 5.11 Å². The Morgan fingerprint density at radius 3 is 2.56 bits per heavy atom. The number of hydrogen-bond donors (Lipinski definition) is 2. The number of aryl methyl sites for hydroxylation is 1. The predicted molar refractivity (Wildman–Crippen MR) is 61.9 cm³/mol. The number of aliphatic hydroxyl groups is 2. The van der Waals surface area contributed by atoms with E-state index >= 15 is 0 Å². The van der Waals surface area contributed by atoms with Gasteiger partial charge in [0.2, 0.25) is 0 Å². The van der Waals surface area contributed by atoms with E-state index in [-0.39, 0.29) is 18.3 Å². The molecule has 2 atom stereocenters. The van der Waals surface area contributed by atoms with E-state index in [1.165, 1.54) is 6.07 Å². The first-order chi connectivity index (χ1) is 7.58. The fourth-order valence-electron chi connectivity index (χ4n) is 1.86. The molecule has 2 nitrogen and oxygen atoms in total. The molecule has 0 saturated carbocycles. The lowest BCUT2D eigenvalue weighted by Crippen LogP contribution is -2.16. The van der Waals surface area contributed by atoms with Gasteiger partial charge in [-0.2, -0.15) is 0 Å². The van der Waals surface area contributed by atoms with Crippen LogP contribution in [0.2, 0.25) is 0 Å². The smallest absolute Gasteiger partial charge is 0.126 e. The Bertz CT molecular complexity index is 339. The number of rotatable bonds is 5. The number of halogens is 1. The molecule has 0 radical (unpaired) electrons. The van der Waals surface area contributed by atoms with Crippen LogP contribution in [-0.2, 0) is 0 Å². The van der Waals surface area contributed by atoms with Crippen LogP contribution in [-0.4, -0.2) is 22.9 Å². The molecule has 0 aliphatic heterocycles. The molecule has 2 unspecified atom stereocenters. The van der Waals surface area contributed by atoms with Crippen molar-refractivity contribution >= 4 is 0 Å². The first kappa shape index (κ1) is 13.1. The first-order valence-electron chi connectivity index (χ1n) is 5.63. The molecule has 1 aromatic rings. The van der Waals surface area contributed by atoms with Gasteiger partial charge in [-0.15, -0.1) is 0 Å². The van der Waals surface area contributed by atoms with Gasteiger partial charge in [-0.3, -0.25) is 0 Å². The van der Waals surface area contributed by atoms with Crippen molar-refractivity contribution in [2.24, 2.45) is 0 Å². The second kappa shape index (κ2) is 5.97. The van der Waals surface area contributed by atoms with Crippen LogP contribution >= 0.6 is 0 Å². The van der Waals surface area contributed by atoms with Crippen LogP contribution in [0.4, 0.5) is 4.39 Å². The van der Waals surface area contributed by atoms with Gasteiger partial charge in [0.05, 0.1) is 12.7 Å². The fraction of sp³-hybridized carbons (Fsp3) is 0.538. The average Bonchev–Trinajstić information content (AvgIpc) is 2.29. The molecule has 0 spiro atoms. The summed E-state index contributed by atoms with van der Waals surface area (Å²) in [7, 11) is 0. The van der Waals surface area contributed by atoms with Gasteiger partial charge in [-0.05, 0) is 42.9 Å². The highest BCUT2D eigenvalue weighted by Crippen LogP contribution is 2.26. The predicted octanol–water partition coefficient (Wildman–Crippen LogP) is 2.37. The Hall–Kier alpha value is -0.930. The quantitative estimate of drug-likeness (QED) is 0.809. The third-order valence-electron chi connectivity index (χ3n) is 2.91. The molecule has 90 valence electrons. The maximum Gasteiger partial charge on any atom is 0.126 e. The molecular weight excluding hydrogens is 207 g/mol. The average molecular weight is 226 g/mol. The molecule has 0 aliphatic rings. The van der Waals surface area contributed by atoms with Crippen LogP contribution in [0.5, 0.6) is 0 Å². The van der Waals surface area contributed by atoms with Gasteiger partial charge >= 0.3 is 0 Å². The van der Waals surface area contributed by atoms with Gasteiger partial charge in [0.1, 0.15) is 5.82 Å². The van der Waals surface area contributed by atoms with E-state index in [1.807, 2.05) is 13.0 Å². The number of benzene rings is 1. The van der Waals surface area contributed by atoms with E-state index < -0.39 is 6.10 Å². The second-order valence-electron chi connectivity index (χ2n) is 4.19. The third kappa shape index (κ3) is 3.29. The highest BCUT2D eigenvalue weighted by Gasteiger charge is 2.15. The largest absolute Gasteiger partial charge is 0.394 e. The molecule has 0 bridgehead atoms. The third-order valence-corrected chi connectivity index (χ3v) is 2.91. The SMILES string of the molecule is CCC(CC(O)CO)c1ccc(F)c(C)c1. The van der Waals surface area contributed by atoms with Crippen LogP contribution < -0.4 is 0 Å². The Kier molecular flexibility index (Phi) is 4.90. The first-order valence-corrected chi connectivity index (χ1v) is 5.63. The van der Waals surface area contributed by atoms with Crippen molar-refractivity contribution in [3.8, 4) is 0 Å². The number of hydrogen-bond acceptors (Lipinski definition) is 2. The molecule has 0 heterocycles. The summed E-state index contributed by atoms with van der Waals surface area (Å²) in [6.07, 6.45) is 0.676. The molecule has 1 aromatic carbocycles. The van der Waals surface area contributed by atoms with Gasteiger partial charge in [0.25, 0.3) is 0 Å². The molecule has 2 N–H and O–H groups in total. The summed E-state index contributed by atoms with van der Waals surface area (Å²) in [5.74, 6) is -0.0391. The van der Waals surface area contributed by atoms with Crippen molar-refractivity contribution in [1.82, 2.24) is 0 Å². The lowest BCUT2D eigenvalue weighted by molar-refractivity contribution is 0.0817. The summed E-state index contributed by atoms with van der Waals surface area (Å²) < 4.78 is 13.1. The highest BCUT2D eigenvalue weighted by atomic mass is 19.1. The van der Waals surface area contributed by atoms with Gasteiger partial charge < -0.3 is 10.2 Å². The summed E-state index contributed by atoms with van der Waals surface area (Å²) in [4.78, 5) is 0. The van der Waals surface area contributed by atoms with E-state index in [0.29, 0.717) is 12.0 Å². The Labute approximate surface area is 95.7 Å². The van der Waals surface area contributed by atoms with Crippen molar-refractivity contribution in [3.63, 3.8) is 0 Å². The molecule has 3 heteroatoms. The van der Waals surface area contributed by atoms with Crippen molar-refractivity contribution in [2.45, 2.75) is 38.7 Å². The molecule has 16 heavy (non-hydrogen) atoms. The number of aliphatic hydroxyl groups excluding tert-OH is 2. The maximum atomic E-state index is 13.1. The van der Waals surface area contributed by atoms with Crippen molar-refractivity contribution in [2.75, 3.05) is 6.61 Å². The zero-order chi connectivity index (χ0) is 12.1. The topological polar surface area (TPSA) is 40.5 Å². The molecule has 0 aliphatic carbocycles.